The van der Waals surface area contributed by atoms with Crippen molar-refractivity contribution in [2.45, 2.75) is 35.2 Å². The van der Waals surface area contributed by atoms with E-state index in [1.165, 1.54) is 22.9 Å². The van der Waals surface area contributed by atoms with Gasteiger partial charge in [0, 0.05) is 43.0 Å². The molecular formula is C23H27ClN8S. The number of pyridine rings is 1. The smallest absolute Gasteiger partial charge is 0.158 e. The van der Waals surface area contributed by atoms with Gasteiger partial charge in [-0.25, -0.2) is 15.0 Å². The first kappa shape index (κ1) is 22.1. The van der Waals surface area contributed by atoms with Crippen LogP contribution in [0.4, 0.5) is 23.1 Å². The molecule has 7 N–H and O–H groups in total. The molecule has 0 unspecified atom stereocenters. The Morgan fingerprint density at radius 1 is 1.15 bits per heavy atom. The average molecular weight is 483 g/mol. The van der Waals surface area contributed by atoms with Gasteiger partial charge in [0.25, 0.3) is 0 Å². The number of rotatable bonds is 4. The molecule has 172 valence electrons. The maximum Gasteiger partial charge on any atom is 0.158 e. The molecule has 0 bridgehead atoms. The lowest BCUT2D eigenvalue weighted by atomic mass is 9.73. The Kier molecular flexibility index (Phi) is 5.72. The second-order valence-electron chi connectivity index (χ2n) is 8.70. The quantitative estimate of drug-likeness (QED) is 0.439. The molecule has 3 aromatic rings. The van der Waals surface area contributed by atoms with E-state index in [4.69, 9.17) is 28.8 Å². The number of benzene rings is 1. The number of anilines is 4. The number of nitrogens with one attached hydrogen (secondary N) is 1. The third-order valence-corrected chi connectivity index (χ3v) is 8.47. The Bertz CT molecular complexity index is 1200. The second kappa shape index (κ2) is 8.55. The highest BCUT2D eigenvalue weighted by molar-refractivity contribution is 7.99. The number of nitrogen functional groups attached to an aromatic ring is 2. The molecule has 2 aromatic heterocycles. The number of aromatic nitrogens is 3. The van der Waals surface area contributed by atoms with Crippen molar-refractivity contribution < 1.29 is 0 Å². The van der Waals surface area contributed by atoms with Crippen molar-refractivity contribution in [2.75, 3.05) is 41.8 Å². The third kappa shape index (κ3) is 3.94. The van der Waals surface area contributed by atoms with Crippen molar-refractivity contribution in [1.82, 2.24) is 15.0 Å². The largest absolute Gasteiger partial charge is 0.388 e. The highest BCUT2D eigenvalue weighted by Crippen LogP contribution is 2.51. The number of hydrogen-bond donors (Lipinski definition) is 4. The summed E-state index contributed by atoms with van der Waals surface area (Å²) >= 11 is 7.58. The summed E-state index contributed by atoms with van der Waals surface area (Å²) in [5, 5.41) is 4.20. The lowest BCUT2D eigenvalue weighted by Crippen LogP contribution is -2.44. The predicted octanol–water partition coefficient (Wildman–Crippen LogP) is 3.73. The molecule has 1 aromatic carbocycles. The molecule has 1 aliphatic heterocycles. The SMILES string of the molecule is CNc1ccc2c(c1)[C@@H](N)C1(CCN(c3cnc(Sc4ccnc(N)c4Cl)c(N)n3)CC1)C2. The van der Waals surface area contributed by atoms with Gasteiger partial charge in [-0.3, -0.25) is 0 Å². The highest BCUT2D eigenvalue weighted by atomic mass is 35.5. The summed E-state index contributed by atoms with van der Waals surface area (Å²) < 4.78 is 0. The zero-order chi connectivity index (χ0) is 23.2. The van der Waals surface area contributed by atoms with Crippen molar-refractivity contribution in [3.63, 3.8) is 0 Å². The summed E-state index contributed by atoms with van der Waals surface area (Å²) in [6.45, 7) is 1.74. The summed E-state index contributed by atoms with van der Waals surface area (Å²) in [5.74, 6) is 1.43. The standard InChI is InChI=1S/C23H27ClN8S/c1-28-14-3-2-13-11-23(19(25)15(13)10-14)5-8-32(9-6-23)17-12-30-22(21(27)31-17)33-16-4-7-29-20(26)18(16)24/h2-4,7,10,12,19,28H,5-6,8-9,11,25H2,1H3,(H2,26,29)(H2,27,31)/t19-/m1/s1. The minimum Gasteiger partial charge on any atom is -0.388 e. The summed E-state index contributed by atoms with van der Waals surface area (Å²) in [6, 6.07) is 8.38. The lowest BCUT2D eigenvalue weighted by molar-refractivity contribution is 0.187. The van der Waals surface area contributed by atoms with Gasteiger partial charge < -0.3 is 27.4 Å². The fourth-order valence-corrected chi connectivity index (χ4v) is 5.94. The van der Waals surface area contributed by atoms with E-state index in [-0.39, 0.29) is 17.3 Å². The van der Waals surface area contributed by atoms with E-state index >= 15 is 0 Å². The molecule has 0 saturated carbocycles. The molecule has 1 fully saturated rings. The van der Waals surface area contributed by atoms with Gasteiger partial charge in [0.05, 0.1) is 11.2 Å². The predicted molar refractivity (Wildman–Crippen MR) is 135 cm³/mol. The minimum absolute atomic E-state index is 0.0513. The molecule has 1 aliphatic carbocycles. The maximum atomic E-state index is 6.78. The molecule has 1 saturated heterocycles. The molecule has 8 nitrogen and oxygen atoms in total. The monoisotopic (exact) mass is 482 g/mol. The van der Waals surface area contributed by atoms with E-state index in [9.17, 15) is 0 Å². The Morgan fingerprint density at radius 3 is 2.67 bits per heavy atom. The highest BCUT2D eigenvalue weighted by Gasteiger charge is 2.46. The fourth-order valence-electron chi connectivity index (χ4n) is 4.93. The molecule has 1 spiro atoms. The molecule has 0 radical (unpaired) electrons. The van der Waals surface area contributed by atoms with Crippen LogP contribution in [0.2, 0.25) is 5.02 Å². The third-order valence-electron chi connectivity index (χ3n) is 6.89. The molecule has 0 amide bonds. The summed E-state index contributed by atoms with van der Waals surface area (Å²) in [6.07, 6.45) is 6.42. The number of nitrogens with two attached hydrogens (primary N) is 3. The number of fused-ring (bicyclic) bond motifs is 1. The van der Waals surface area contributed by atoms with E-state index in [1.54, 1.807) is 18.5 Å². The van der Waals surface area contributed by atoms with Gasteiger partial charge in [-0.2, -0.15) is 0 Å². The number of piperidine rings is 1. The Hall–Kier alpha value is -2.75. The van der Waals surface area contributed by atoms with Crippen molar-refractivity contribution in [3.8, 4) is 0 Å². The van der Waals surface area contributed by atoms with Gasteiger partial charge in [0.15, 0.2) is 5.82 Å². The Balaban J connectivity index is 1.29. The number of halogens is 1. The zero-order valence-corrected chi connectivity index (χ0v) is 20.0. The summed E-state index contributed by atoms with van der Waals surface area (Å²) in [4.78, 5) is 16.2. The zero-order valence-electron chi connectivity index (χ0n) is 18.4. The van der Waals surface area contributed by atoms with Crippen LogP contribution in [0.25, 0.3) is 0 Å². The molecule has 3 heterocycles. The van der Waals surface area contributed by atoms with Crippen LogP contribution >= 0.6 is 23.4 Å². The molecule has 5 rings (SSSR count). The van der Waals surface area contributed by atoms with E-state index < -0.39 is 0 Å². The molecule has 33 heavy (non-hydrogen) atoms. The van der Waals surface area contributed by atoms with Crippen LogP contribution in [-0.2, 0) is 6.42 Å². The normalized spacial score (nSPS) is 19.0. The Labute approximate surface area is 202 Å². The molecule has 10 heteroatoms. The van der Waals surface area contributed by atoms with Crippen LogP contribution in [-0.4, -0.2) is 35.1 Å². The van der Waals surface area contributed by atoms with E-state index in [0.717, 1.165) is 48.8 Å². The maximum absolute atomic E-state index is 6.78. The van der Waals surface area contributed by atoms with Crippen LogP contribution < -0.4 is 27.4 Å². The molecule has 2 aliphatic rings. The second-order valence-corrected chi connectivity index (χ2v) is 10.1. The summed E-state index contributed by atoms with van der Waals surface area (Å²) in [7, 11) is 1.94. The Morgan fingerprint density at radius 2 is 1.94 bits per heavy atom. The van der Waals surface area contributed by atoms with Crippen LogP contribution in [0, 0.1) is 5.41 Å². The van der Waals surface area contributed by atoms with Gasteiger partial charge in [-0.05, 0) is 54.0 Å². The first-order valence-electron chi connectivity index (χ1n) is 10.9. The minimum atomic E-state index is 0.0513. The van der Waals surface area contributed by atoms with Gasteiger partial charge >= 0.3 is 0 Å². The van der Waals surface area contributed by atoms with Gasteiger partial charge in [0.2, 0.25) is 0 Å². The van der Waals surface area contributed by atoms with E-state index in [0.29, 0.717) is 15.9 Å². The first-order valence-corrected chi connectivity index (χ1v) is 12.1. The van der Waals surface area contributed by atoms with Crippen LogP contribution in [0.3, 0.4) is 0 Å². The number of nitrogens with zero attached hydrogens (tertiary/aromatic N) is 4. The van der Waals surface area contributed by atoms with Crippen LogP contribution in [0.1, 0.15) is 30.0 Å². The number of hydrogen-bond acceptors (Lipinski definition) is 9. The van der Waals surface area contributed by atoms with Gasteiger partial charge in [-0.1, -0.05) is 29.4 Å². The fraction of sp³-hybridized carbons (Fsp3) is 0.348. The van der Waals surface area contributed by atoms with Gasteiger partial charge in [0.1, 0.15) is 16.7 Å². The molecular weight excluding hydrogens is 456 g/mol. The van der Waals surface area contributed by atoms with Crippen LogP contribution in [0.5, 0.6) is 0 Å². The topological polar surface area (TPSA) is 132 Å². The van der Waals surface area contributed by atoms with Crippen LogP contribution in [0.15, 0.2) is 46.6 Å². The molecule has 1 atom stereocenters. The average Bonchev–Trinajstić information content (AvgIpc) is 3.09. The lowest BCUT2D eigenvalue weighted by Gasteiger charge is -2.42. The summed E-state index contributed by atoms with van der Waals surface area (Å²) in [5.41, 5.74) is 22.7. The van der Waals surface area contributed by atoms with E-state index in [1.807, 2.05) is 7.05 Å². The van der Waals surface area contributed by atoms with Crippen molar-refractivity contribution in [2.24, 2.45) is 11.1 Å². The van der Waals surface area contributed by atoms with Crippen molar-refractivity contribution in [1.29, 1.82) is 0 Å². The van der Waals surface area contributed by atoms with Gasteiger partial charge in [-0.15, -0.1) is 0 Å². The van der Waals surface area contributed by atoms with Crippen molar-refractivity contribution in [3.05, 3.63) is 52.8 Å². The van der Waals surface area contributed by atoms with E-state index in [2.05, 4.69) is 43.4 Å². The first-order chi connectivity index (χ1) is 15.9. The van der Waals surface area contributed by atoms with Crippen molar-refractivity contribution >= 4 is 46.5 Å².